The van der Waals surface area contributed by atoms with E-state index >= 15 is 0 Å². The topological polar surface area (TPSA) is 193 Å². The normalized spacial score (nSPS) is 12.8. The lowest BCUT2D eigenvalue weighted by Crippen LogP contribution is -2.43. The molecule has 0 saturated carbocycles. The molecule has 0 radical (unpaired) electrons. The number of carbonyl (C=O) groups is 3. The van der Waals surface area contributed by atoms with Gasteiger partial charge in [-0.15, -0.1) is 0 Å². The summed E-state index contributed by atoms with van der Waals surface area (Å²) in [7, 11) is -4.05. The van der Waals surface area contributed by atoms with Crippen LogP contribution in [0.4, 0.5) is 0 Å². The summed E-state index contributed by atoms with van der Waals surface area (Å²) in [6.07, 6.45) is 20.6. The van der Waals surface area contributed by atoms with E-state index in [0.717, 1.165) is 38.5 Å². The highest BCUT2D eigenvalue weighted by Gasteiger charge is 2.20. The van der Waals surface area contributed by atoms with Crippen LogP contribution in [0.3, 0.4) is 0 Å². The molecular weight excluding hydrogens is 723 g/mol. The molecular formula is C38H75N2O11PS. The van der Waals surface area contributed by atoms with Gasteiger partial charge in [0.1, 0.15) is 12.7 Å². The fraction of sp³-hybridized carbons (Fsp3) is 0.921. The SMILES string of the molecule is CCCCCCCCCCCC(=O)OC[C@H](CSC[C@@H](N)C(=O)NCCOCCOCCOCCP(=O)(O)O)OC(=O)CCCCCCCCCCC. The van der Waals surface area contributed by atoms with Crippen molar-refractivity contribution < 1.29 is 52.4 Å². The third-order valence-corrected chi connectivity index (χ3v) is 10.4. The number of nitrogens with two attached hydrogens (primary N) is 1. The van der Waals surface area contributed by atoms with E-state index in [4.69, 9.17) is 39.2 Å². The van der Waals surface area contributed by atoms with E-state index in [0.29, 0.717) is 37.6 Å². The number of hydrogen-bond acceptors (Lipinski definition) is 11. The number of ether oxygens (including phenoxy) is 5. The van der Waals surface area contributed by atoms with Crippen molar-refractivity contribution in [2.45, 2.75) is 154 Å². The van der Waals surface area contributed by atoms with Crippen molar-refractivity contribution >= 4 is 37.2 Å². The molecule has 0 heterocycles. The number of hydrogen-bond donors (Lipinski definition) is 4. The van der Waals surface area contributed by atoms with Crippen LogP contribution in [0.25, 0.3) is 0 Å². The number of thioether (sulfide) groups is 1. The molecule has 0 aliphatic carbocycles. The maximum atomic E-state index is 12.7. The van der Waals surface area contributed by atoms with Gasteiger partial charge >= 0.3 is 19.5 Å². The molecule has 0 aromatic rings. The lowest BCUT2D eigenvalue weighted by molar-refractivity contribution is -0.157. The van der Waals surface area contributed by atoms with Gasteiger partial charge in [0.15, 0.2) is 0 Å². The molecule has 0 aromatic carbocycles. The van der Waals surface area contributed by atoms with Crippen LogP contribution < -0.4 is 11.1 Å². The molecule has 13 nitrogen and oxygen atoms in total. The second kappa shape index (κ2) is 37.7. The fourth-order valence-corrected chi connectivity index (χ4v) is 6.62. The lowest BCUT2D eigenvalue weighted by atomic mass is 10.1. The minimum Gasteiger partial charge on any atom is -0.462 e. The summed E-state index contributed by atoms with van der Waals surface area (Å²) in [5.41, 5.74) is 6.10. The molecule has 314 valence electrons. The predicted octanol–water partition coefficient (Wildman–Crippen LogP) is 6.69. The quantitative estimate of drug-likeness (QED) is 0.0292. The van der Waals surface area contributed by atoms with Gasteiger partial charge in [0.2, 0.25) is 5.91 Å². The third-order valence-electron chi connectivity index (χ3n) is 8.45. The van der Waals surface area contributed by atoms with Crippen molar-refractivity contribution in [1.29, 1.82) is 0 Å². The molecule has 0 unspecified atom stereocenters. The Balaban J connectivity index is 4.38. The second-order valence-electron chi connectivity index (χ2n) is 13.6. The molecule has 0 saturated heterocycles. The van der Waals surface area contributed by atoms with Crippen LogP contribution in [0, 0.1) is 0 Å². The van der Waals surface area contributed by atoms with Gasteiger partial charge in [-0.2, -0.15) is 11.8 Å². The Morgan fingerprint density at radius 2 is 1.09 bits per heavy atom. The lowest BCUT2D eigenvalue weighted by Gasteiger charge is -2.19. The molecule has 5 N–H and O–H groups in total. The van der Waals surface area contributed by atoms with Gasteiger partial charge in [-0.1, -0.05) is 117 Å². The highest BCUT2D eigenvalue weighted by atomic mass is 32.2. The fourth-order valence-electron chi connectivity index (χ4n) is 5.28. The van der Waals surface area contributed by atoms with Crippen molar-refractivity contribution in [3.05, 3.63) is 0 Å². The van der Waals surface area contributed by atoms with E-state index in [2.05, 4.69) is 19.2 Å². The van der Waals surface area contributed by atoms with E-state index in [1.165, 1.54) is 88.8 Å². The van der Waals surface area contributed by atoms with Crippen LogP contribution in [0.5, 0.6) is 0 Å². The van der Waals surface area contributed by atoms with Crippen molar-refractivity contribution in [1.82, 2.24) is 5.32 Å². The number of nitrogens with one attached hydrogen (secondary N) is 1. The van der Waals surface area contributed by atoms with Gasteiger partial charge in [-0.3, -0.25) is 18.9 Å². The molecule has 0 rings (SSSR count). The third kappa shape index (κ3) is 38.8. The number of unbranched alkanes of at least 4 members (excludes halogenated alkanes) is 16. The molecule has 0 aliphatic rings. The van der Waals surface area contributed by atoms with Crippen molar-refractivity contribution in [2.24, 2.45) is 5.73 Å². The minimum absolute atomic E-state index is 0.0150. The maximum Gasteiger partial charge on any atom is 0.327 e. The molecule has 2 atom stereocenters. The molecule has 0 spiro atoms. The van der Waals surface area contributed by atoms with E-state index < -0.39 is 19.7 Å². The average Bonchev–Trinajstić information content (AvgIpc) is 3.12. The van der Waals surface area contributed by atoms with Crippen LogP contribution >= 0.6 is 19.4 Å². The maximum absolute atomic E-state index is 12.7. The van der Waals surface area contributed by atoms with Gasteiger partial charge in [0, 0.05) is 30.9 Å². The van der Waals surface area contributed by atoms with Crippen LogP contribution in [0.2, 0.25) is 0 Å². The van der Waals surface area contributed by atoms with E-state index in [1.807, 2.05) is 0 Å². The minimum atomic E-state index is -4.05. The highest BCUT2D eigenvalue weighted by molar-refractivity contribution is 7.99. The number of esters is 2. The first-order valence-corrected chi connectivity index (χ1v) is 23.3. The van der Waals surface area contributed by atoms with E-state index in [1.54, 1.807) is 0 Å². The van der Waals surface area contributed by atoms with Crippen LogP contribution in [0.1, 0.15) is 142 Å². The number of carbonyl (C=O) groups excluding carboxylic acids is 3. The number of amides is 1. The molecule has 0 aromatic heterocycles. The summed E-state index contributed by atoms with van der Waals surface area (Å²) in [5.74, 6) is -0.250. The van der Waals surface area contributed by atoms with Crippen LogP contribution in [0.15, 0.2) is 0 Å². The standard InChI is InChI=1S/C38H75N2O11PS/c1-3-5-7-9-11-13-15-17-19-21-36(41)50-31-34(51-37(42)22-20-18-16-14-12-10-8-6-4-2)32-53-33-35(39)38(43)40-23-24-47-25-26-48-27-28-49-29-30-52(44,45)46/h34-35H,3-33,39H2,1-2H3,(H,40,43)(H2,44,45,46)/t34-,35-/m1/s1. The molecule has 0 fully saturated rings. The Morgan fingerprint density at radius 3 is 1.60 bits per heavy atom. The van der Waals surface area contributed by atoms with Crippen molar-refractivity contribution in [3.8, 4) is 0 Å². The molecule has 1 amide bonds. The summed E-state index contributed by atoms with van der Waals surface area (Å²) in [6.45, 7) is 6.04. The Labute approximate surface area is 324 Å². The zero-order chi connectivity index (χ0) is 39.3. The van der Waals surface area contributed by atoms with Gasteiger partial charge in [-0.25, -0.2) is 0 Å². The first-order chi connectivity index (χ1) is 25.6. The van der Waals surface area contributed by atoms with Gasteiger partial charge in [0.05, 0.1) is 51.8 Å². The smallest absolute Gasteiger partial charge is 0.327 e. The monoisotopic (exact) mass is 798 g/mol. The second-order valence-corrected chi connectivity index (χ2v) is 16.5. The Hall–Kier alpha value is -1.25. The van der Waals surface area contributed by atoms with Gasteiger partial charge < -0.3 is 44.5 Å². The molecule has 0 aliphatic heterocycles. The first kappa shape index (κ1) is 51.8. The molecule has 0 bridgehead atoms. The van der Waals surface area contributed by atoms with Crippen LogP contribution in [-0.4, -0.2) is 110 Å². The zero-order valence-corrected chi connectivity index (χ0v) is 34.8. The first-order valence-electron chi connectivity index (χ1n) is 20.3. The zero-order valence-electron chi connectivity index (χ0n) is 33.1. The summed E-state index contributed by atoms with van der Waals surface area (Å²) in [6, 6.07) is -0.776. The highest BCUT2D eigenvalue weighted by Crippen LogP contribution is 2.33. The van der Waals surface area contributed by atoms with E-state index in [-0.39, 0.29) is 63.6 Å². The average molecular weight is 799 g/mol. The Bertz CT molecular complexity index is 929. The van der Waals surface area contributed by atoms with Crippen molar-refractivity contribution in [3.63, 3.8) is 0 Å². The van der Waals surface area contributed by atoms with Crippen LogP contribution in [-0.2, 0) is 42.6 Å². The van der Waals surface area contributed by atoms with Gasteiger partial charge in [-0.05, 0) is 12.8 Å². The van der Waals surface area contributed by atoms with Crippen molar-refractivity contribution in [2.75, 3.05) is 70.5 Å². The largest absolute Gasteiger partial charge is 0.462 e. The summed E-state index contributed by atoms with van der Waals surface area (Å²) < 4.78 is 37.9. The summed E-state index contributed by atoms with van der Waals surface area (Å²) in [5, 5.41) is 2.74. The number of rotatable bonds is 40. The van der Waals surface area contributed by atoms with E-state index in [9.17, 15) is 18.9 Å². The Morgan fingerprint density at radius 1 is 0.642 bits per heavy atom. The summed E-state index contributed by atoms with van der Waals surface area (Å²) >= 11 is 1.38. The predicted molar refractivity (Wildman–Crippen MR) is 212 cm³/mol. The molecule has 53 heavy (non-hydrogen) atoms. The molecule has 15 heteroatoms. The Kier molecular flexibility index (Phi) is 36.8. The van der Waals surface area contributed by atoms with Gasteiger partial charge in [0.25, 0.3) is 0 Å². The summed E-state index contributed by atoms with van der Waals surface area (Å²) in [4.78, 5) is 55.1.